The molecule has 0 aromatic heterocycles. The number of nitrogens with one attached hydrogen (secondary N) is 1. The van der Waals surface area contributed by atoms with Crippen LogP contribution in [0.1, 0.15) is 44.4 Å². The topological polar surface area (TPSA) is 12.0 Å². The Bertz CT molecular complexity index is 250. The molecule has 78 valence electrons. The molecule has 1 aromatic carbocycles. The van der Waals surface area contributed by atoms with E-state index in [9.17, 15) is 0 Å². The van der Waals surface area contributed by atoms with Gasteiger partial charge in [-0.05, 0) is 37.4 Å². The minimum atomic E-state index is 0.473. The molecular weight excluding hydrogens is 170 g/mol. The summed E-state index contributed by atoms with van der Waals surface area (Å²) in [4.78, 5) is 0. The fraction of sp³-hybridized carbons (Fsp3) is 0.538. The molecule has 14 heavy (non-hydrogen) atoms. The van der Waals surface area contributed by atoms with Crippen LogP contribution in [-0.4, -0.2) is 6.54 Å². The maximum absolute atomic E-state index is 3.49. The molecule has 0 radical (unpaired) electrons. The first-order chi connectivity index (χ1) is 6.77. The molecule has 0 aliphatic heterocycles. The van der Waals surface area contributed by atoms with Crippen LogP contribution in [0, 0.1) is 0 Å². The highest BCUT2D eigenvalue weighted by Gasteiger charge is 2.02. The van der Waals surface area contributed by atoms with Gasteiger partial charge in [0.25, 0.3) is 0 Å². The van der Waals surface area contributed by atoms with E-state index in [0.29, 0.717) is 6.04 Å². The Kier molecular flexibility index (Phi) is 4.68. The predicted octanol–water partition coefficient (Wildman–Crippen LogP) is 3.31. The van der Waals surface area contributed by atoms with Gasteiger partial charge in [-0.1, -0.05) is 38.1 Å². The van der Waals surface area contributed by atoms with Gasteiger partial charge in [0.1, 0.15) is 0 Å². The number of rotatable bonds is 5. The normalized spacial score (nSPS) is 12.8. The van der Waals surface area contributed by atoms with Gasteiger partial charge in [0.15, 0.2) is 0 Å². The van der Waals surface area contributed by atoms with Gasteiger partial charge in [-0.3, -0.25) is 0 Å². The van der Waals surface area contributed by atoms with Crippen LogP contribution in [0.2, 0.25) is 0 Å². The molecule has 1 rings (SSSR count). The second-order valence-electron chi connectivity index (χ2n) is 3.77. The Morgan fingerprint density at radius 3 is 2.29 bits per heavy atom. The van der Waals surface area contributed by atoms with Crippen molar-refractivity contribution in [2.45, 2.75) is 39.7 Å². The van der Waals surface area contributed by atoms with E-state index < -0.39 is 0 Å². The van der Waals surface area contributed by atoms with Gasteiger partial charge in [-0.2, -0.15) is 0 Å². The Morgan fingerprint density at radius 1 is 1.14 bits per heavy atom. The molecule has 0 bridgehead atoms. The summed E-state index contributed by atoms with van der Waals surface area (Å²) in [6.45, 7) is 7.70. The SMILES string of the molecule is CCCNC(C)c1ccc(CC)cc1. The van der Waals surface area contributed by atoms with Crippen molar-refractivity contribution in [3.05, 3.63) is 35.4 Å². The predicted molar refractivity (Wildman–Crippen MR) is 62.5 cm³/mol. The molecule has 0 aliphatic rings. The van der Waals surface area contributed by atoms with Crippen LogP contribution in [0.4, 0.5) is 0 Å². The van der Waals surface area contributed by atoms with Crippen LogP contribution >= 0.6 is 0 Å². The molecule has 0 aliphatic carbocycles. The standard InChI is InChI=1S/C13H21N/c1-4-10-14-11(3)13-8-6-12(5-2)7-9-13/h6-9,11,14H,4-5,10H2,1-3H3. The third-order valence-corrected chi connectivity index (χ3v) is 2.59. The summed E-state index contributed by atoms with van der Waals surface area (Å²) in [5, 5.41) is 3.49. The second kappa shape index (κ2) is 5.82. The molecule has 1 nitrogen and oxygen atoms in total. The zero-order valence-electron chi connectivity index (χ0n) is 9.51. The molecule has 1 heteroatoms. The summed E-state index contributed by atoms with van der Waals surface area (Å²) >= 11 is 0. The lowest BCUT2D eigenvalue weighted by molar-refractivity contribution is 0.570. The molecule has 0 heterocycles. The maximum Gasteiger partial charge on any atom is 0.0291 e. The van der Waals surface area contributed by atoms with Crippen LogP contribution in [0.25, 0.3) is 0 Å². The number of benzene rings is 1. The van der Waals surface area contributed by atoms with Crippen molar-refractivity contribution < 1.29 is 0 Å². The third-order valence-electron chi connectivity index (χ3n) is 2.59. The van der Waals surface area contributed by atoms with Gasteiger partial charge < -0.3 is 5.32 Å². The van der Waals surface area contributed by atoms with Crippen molar-refractivity contribution in [3.8, 4) is 0 Å². The van der Waals surface area contributed by atoms with E-state index in [1.807, 2.05) is 0 Å². The molecule has 0 amide bonds. The lowest BCUT2D eigenvalue weighted by Crippen LogP contribution is -2.19. The second-order valence-corrected chi connectivity index (χ2v) is 3.77. The largest absolute Gasteiger partial charge is 0.310 e. The van der Waals surface area contributed by atoms with E-state index in [1.54, 1.807) is 0 Å². The van der Waals surface area contributed by atoms with E-state index in [0.717, 1.165) is 13.0 Å². The summed E-state index contributed by atoms with van der Waals surface area (Å²) in [5.74, 6) is 0. The molecule has 0 fully saturated rings. The number of hydrogen-bond acceptors (Lipinski definition) is 1. The van der Waals surface area contributed by atoms with Crippen LogP contribution in [0.5, 0.6) is 0 Å². The van der Waals surface area contributed by atoms with Crippen LogP contribution in [-0.2, 0) is 6.42 Å². The fourth-order valence-corrected chi connectivity index (χ4v) is 1.52. The van der Waals surface area contributed by atoms with E-state index in [4.69, 9.17) is 0 Å². The van der Waals surface area contributed by atoms with Gasteiger partial charge in [0, 0.05) is 6.04 Å². The first-order valence-electron chi connectivity index (χ1n) is 5.60. The molecule has 0 spiro atoms. The average Bonchev–Trinajstić information content (AvgIpc) is 2.26. The summed E-state index contributed by atoms with van der Waals surface area (Å²) in [5.41, 5.74) is 2.80. The Labute approximate surface area is 87.5 Å². The first kappa shape index (κ1) is 11.3. The Balaban J connectivity index is 2.57. The summed E-state index contributed by atoms with van der Waals surface area (Å²) in [6, 6.07) is 9.37. The van der Waals surface area contributed by atoms with Gasteiger partial charge in [0.2, 0.25) is 0 Å². The van der Waals surface area contributed by atoms with Crippen molar-refractivity contribution in [2.75, 3.05) is 6.54 Å². The monoisotopic (exact) mass is 191 g/mol. The minimum Gasteiger partial charge on any atom is -0.310 e. The lowest BCUT2D eigenvalue weighted by Gasteiger charge is -2.13. The molecular formula is C13H21N. The van der Waals surface area contributed by atoms with Gasteiger partial charge in [0.05, 0.1) is 0 Å². The fourth-order valence-electron chi connectivity index (χ4n) is 1.52. The number of hydrogen-bond donors (Lipinski definition) is 1. The summed E-state index contributed by atoms with van der Waals surface area (Å²) in [6.07, 6.45) is 2.31. The number of aryl methyl sites for hydroxylation is 1. The molecule has 1 atom stereocenters. The van der Waals surface area contributed by atoms with Crippen molar-refractivity contribution in [1.82, 2.24) is 5.32 Å². The van der Waals surface area contributed by atoms with Crippen LogP contribution < -0.4 is 5.32 Å². The smallest absolute Gasteiger partial charge is 0.0291 e. The lowest BCUT2D eigenvalue weighted by atomic mass is 10.1. The highest BCUT2D eigenvalue weighted by Crippen LogP contribution is 2.13. The first-order valence-corrected chi connectivity index (χ1v) is 5.60. The van der Waals surface area contributed by atoms with E-state index >= 15 is 0 Å². The van der Waals surface area contributed by atoms with E-state index in [-0.39, 0.29) is 0 Å². The van der Waals surface area contributed by atoms with Crippen molar-refractivity contribution in [1.29, 1.82) is 0 Å². The zero-order chi connectivity index (χ0) is 10.4. The summed E-state index contributed by atoms with van der Waals surface area (Å²) < 4.78 is 0. The van der Waals surface area contributed by atoms with Gasteiger partial charge in [-0.25, -0.2) is 0 Å². The maximum atomic E-state index is 3.49. The third kappa shape index (κ3) is 3.15. The Morgan fingerprint density at radius 2 is 1.79 bits per heavy atom. The molecule has 0 saturated carbocycles. The van der Waals surface area contributed by atoms with Crippen molar-refractivity contribution in [3.63, 3.8) is 0 Å². The molecule has 1 N–H and O–H groups in total. The highest BCUT2D eigenvalue weighted by atomic mass is 14.9. The van der Waals surface area contributed by atoms with E-state index in [1.165, 1.54) is 17.5 Å². The van der Waals surface area contributed by atoms with E-state index in [2.05, 4.69) is 50.4 Å². The van der Waals surface area contributed by atoms with Crippen molar-refractivity contribution >= 4 is 0 Å². The van der Waals surface area contributed by atoms with Crippen LogP contribution in [0.3, 0.4) is 0 Å². The average molecular weight is 191 g/mol. The molecule has 1 aromatic rings. The highest BCUT2D eigenvalue weighted by molar-refractivity contribution is 5.24. The van der Waals surface area contributed by atoms with Gasteiger partial charge in [-0.15, -0.1) is 0 Å². The zero-order valence-corrected chi connectivity index (χ0v) is 9.51. The van der Waals surface area contributed by atoms with Gasteiger partial charge >= 0.3 is 0 Å². The van der Waals surface area contributed by atoms with Crippen LogP contribution in [0.15, 0.2) is 24.3 Å². The molecule has 0 saturated heterocycles. The summed E-state index contributed by atoms with van der Waals surface area (Å²) in [7, 11) is 0. The quantitative estimate of drug-likeness (QED) is 0.753. The molecule has 1 unspecified atom stereocenters. The van der Waals surface area contributed by atoms with Crippen molar-refractivity contribution in [2.24, 2.45) is 0 Å². The minimum absolute atomic E-state index is 0.473. The Hall–Kier alpha value is -0.820.